The number of amides is 2. The summed E-state index contributed by atoms with van der Waals surface area (Å²) in [5.41, 5.74) is 4.03. The molecule has 0 radical (unpaired) electrons. The van der Waals surface area contributed by atoms with E-state index in [2.05, 4.69) is 36.4 Å². The fourth-order valence-corrected chi connectivity index (χ4v) is 4.62. The van der Waals surface area contributed by atoms with Gasteiger partial charge in [-0.1, -0.05) is 68.4 Å². The average Bonchev–Trinajstić information content (AvgIpc) is 3.46. The molecule has 3 atom stereocenters. The van der Waals surface area contributed by atoms with Gasteiger partial charge in [0.15, 0.2) is 0 Å². The summed E-state index contributed by atoms with van der Waals surface area (Å²) in [6.07, 6.45) is 3.08. The van der Waals surface area contributed by atoms with Crippen LogP contribution in [0.5, 0.6) is 0 Å². The number of hydrogen-bond acceptors (Lipinski definition) is 3. The minimum atomic E-state index is -1.21. The number of halogens is 1. The Morgan fingerprint density at radius 3 is 2.34 bits per heavy atom. The van der Waals surface area contributed by atoms with Crippen LogP contribution in [0.1, 0.15) is 60.9 Å². The summed E-state index contributed by atoms with van der Waals surface area (Å²) in [6, 6.07) is 16.7. The van der Waals surface area contributed by atoms with Gasteiger partial charge in [-0.15, -0.1) is 0 Å². The Bertz CT molecular complexity index is 1140. The number of carbonyl (C=O) groups excluding carboxylic acids is 2. The van der Waals surface area contributed by atoms with E-state index in [1.165, 1.54) is 10.5 Å². The van der Waals surface area contributed by atoms with Crippen LogP contribution in [0.15, 0.2) is 67.0 Å². The van der Waals surface area contributed by atoms with E-state index in [9.17, 15) is 14.0 Å². The molecule has 6 nitrogen and oxygen atoms in total. The molecule has 184 valence electrons. The monoisotopic (exact) mass is 476 g/mol. The second-order valence-electron chi connectivity index (χ2n) is 9.59. The summed E-state index contributed by atoms with van der Waals surface area (Å²) in [7, 11) is 1.82. The standard InChI is InChI=1S/C28H33FN4O2/c1-19(2)21-10-12-23(13-11-21)27(22-7-5-4-6-8-22)31-28(35)25-15-24(29)18-33(25)26(34)14-9-20-16-30-32(3)17-20/h4-8,10-13,16-17,19,24-25,27H,9,14-15,18H2,1-3H3,(H,31,35)/t24-,25+,27+/m1/s1. The third kappa shape index (κ3) is 5.96. The van der Waals surface area contributed by atoms with Gasteiger partial charge in [0.1, 0.15) is 12.2 Å². The Hall–Kier alpha value is -3.48. The molecule has 0 bridgehead atoms. The maximum Gasteiger partial charge on any atom is 0.243 e. The van der Waals surface area contributed by atoms with E-state index in [0.29, 0.717) is 12.3 Å². The summed E-state index contributed by atoms with van der Waals surface area (Å²) >= 11 is 0. The Morgan fingerprint density at radius 1 is 1.06 bits per heavy atom. The largest absolute Gasteiger partial charge is 0.343 e. The fraction of sp³-hybridized carbons (Fsp3) is 0.393. The van der Waals surface area contributed by atoms with Crippen LogP contribution in [-0.2, 0) is 23.1 Å². The summed E-state index contributed by atoms with van der Waals surface area (Å²) in [4.78, 5) is 27.8. The number of aromatic nitrogens is 2. The van der Waals surface area contributed by atoms with Crippen molar-refractivity contribution in [2.45, 2.75) is 57.3 Å². The SMILES string of the molecule is CC(C)c1ccc([C@@H](NC(=O)[C@@H]2C[C@@H](F)CN2C(=O)CCc2cnn(C)c2)c2ccccc2)cc1. The number of hydrogen-bond donors (Lipinski definition) is 1. The lowest BCUT2D eigenvalue weighted by molar-refractivity contribution is -0.138. The highest BCUT2D eigenvalue weighted by Crippen LogP contribution is 2.27. The molecule has 1 saturated heterocycles. The van der Waals surface area contributed by atoms with Gasteiger partial charge in [0, 0.05) is 26.1 Å². The number of rotatable bonds is 8. The third-order valence-corrected chi connectivity index (χ3v) is 6.61. The van der Waals surface area contributed by atoms with Gasteiger partial charge in [-0.25, -0.2) is 4.39 Å². The van der Waals surface area contributed by atoms with Crippen LogP contribution in [0.3, 0.4) is 0 Å². The van der Waals surface area contributed by atoms with Gasteiger partial charge in [0.25, 0.3) is 0 Å². The zero-order valence-electron chi connectivity index (χ0n) is 20.5. The van der Waals surface area contributed by atoms with Gasteiger partial charge < -0.3 is 10.2 Å². The molecule has 35 heavy (non-hydrogen) atoms. The highest BCUT2D eigenvalue weighted by atomic mass is 19.1. The second kappa shape index (κ2) is 10.8. The third-order valence-electron chi connectivity index (χ3n) is 6.61. The summed E-state index contributed by atoms with van der Waals surface area (Å²) in [5, 5.41) is 7.23. The van der Waals surface area contributed by atoms with Crippen molar-refractivity contribution in [2.24, 2.45) is 7.05 Å². The lowest BCUT2D eigenvalue weighted by Crippen LogP contribution is -2.47. The van der Waals surface area contributed by atoms with Gasteiger partial charge in [-0.05, 0) is 34.6 Å². The molecule has 0 saturated carbocycles. The van der Waals surface area contributed by atoms with E-state index in [4.69, 9.17) is 0 Å². The van der Waals surface area contributed by atoms with Crippen molar-refractivity contribution in [2.75, 3.05) is 6.54 Å². The predicted octanol–water partition coefficient (Wildman–Crippen LogP) is 4.32. The minimum absolute atomic E-state index is 0.0122. The van der Waals surface area contributed by atoms with Crippen molar-refractivity contribution in [1.29, 1.82) is 0 Å². The Morgan fingerprint density at radius 2 is 1.71 bits per heavy atom. The molecule has 3 aromatic rings. The summed E-state index contributed by atoms with van der Waals surface area (Å²) in [5.74, 6) is -0.145. The number of carbonyl (C=O) groups is 2. The molecule has 4 rings (SSSR count). The first-order chi connectivity index (χ1) is 16.8. The number of nitrogens with zero attached hydrogens (tertiary/aromatic N) is 3. The first-order valence-electron chi connectivity index (χ1n) is 12.2. The molecule has 1 N–H and O–H groups in total. The van der Waals surface area contributed by atoms with E-state index in [1.807, 2.05) is 55.7 Å². The molecule has 1 aliphatic heterocycles. The van der Waals surface area contributed by atoms with E-state index in [0.717, 1.165) is 16.7 Å². The molecule has 0 aliphatic carbocycles. The lowest BCUT2D eigenvalue weighted by Gasteiger charge is -2.27. The van der Waals surface area contributed by atoms with Crippen LogP contribution >= 0.6 is 0 Å². The molecule has 1 aromatic heterocycles. The molecule has 1 fully saturated rings. The van der Waals surface area contributed by atoms with Crippen LogP contribution in [-0.4, -0.2) is 45.3 Å². The number of benzene rings is 2. The zero-order chi connectivity index (χ0) is 24.9. The van der Waals surface area contributed by atoms with Crippen LogP contribution < -0.4 is 5.32 Å². The van der Waals surface area contributed by atoms with Gasteiger partial charge in [-0.2, -0.15) is 5.10 Å². The molecule has 2 amide bonds. The smallest absolute Gasteiger partial charge is 0.243 e. The topological polar surface area (TPSA) is 67.2 Å². The van der Waals surface area contributed by atoms with Crippen molar-refractivity contribution in [1.82, 2.24) is 20.0 Å². The lowest BCUT2D eigenvalue weighted by atomic mass is 9.95. The van der Waals surface area contributed by atoms with Crippen molar-refractivity contribution in [3.8, 4) is 0 Å². The molecule has 7 heteroatoms. The van der Waals surface area contributed by atoms with Crippen LogP contribution in [0, 0.1) is 0 Å². The number of likely N-dealkylation sites (tertiary alicyclic amines) is 1. The molecule has 1 aliphatic rings. The predicted molar refractivity (Wildman–Crippen MR) is 134 cm³/mol. The number of alkyl halides is 1. The van der Waals surface area contributed by atoms with E-state index in [1.54, 1.807) is 10.9 Å². The van der Waals surface area contributed by atoms with E-state index < -0.39 is 18.3 Å². The molecule has 2 aromatic carbocycles. The van der Waals surface area contributed by atoms with Crippen LogP contribution in [0.2, 0.25) is 0 Å². The molecular formula is C28H33FN4O2. The van der Waals surface area contributed by atoms with Crippen LogP contribution in [0.25, 0.3) is 0 Å². The summed E-state index contributed by atoms with van der Waals surface area (Å²) < 4.78 is 16.1. The van der Waals surface area contributed by atoms with Crippen LogP contribution in [0.4, 0.5) is 4.39 Å². The van der Waals surface area contributed by atoms with E-state index in [-0.39, 0.29) is 31.2 Å². The second-order valence-corrected chi connectivity index (χ2v) is 9.59. The highest BCUT2D eigenvalue weighted by molar-refractivity contribution is 5.89. The summed E-state index contributed by atoms with van der Waals surface area (Å²) in [6.45, 7) is 4.22. The Balaban J connectivity index is 1.51. The molecule has 0 unspecified atom stereocenters. The number of aryl methyl sites for hydroxylation is 2. The Labute approximate surface area is 206 Å². The molecular weight excluding hydrogens is 443 g/mol. The van der Waals surface area contributed by atoms with Gasteiger partial charge in [0.2, 0.25) is 11.8 Å². The van der Waals surface area contributed by atoms with Crippen molar-refractivity contribution in [3.63, 3.8) is 0 Å². The zero-order valence-corrected chi connectivity index (χ0v) is 20.5. The maximum absolute atomic E-state index is 14.4. The van der Waals surface area contributed by atoms with E-state index >= 15 is 0 Å². The highest BCUT2D eigenvalue weighted by Gasteiger charge is 2.40. The first-order valence-corrected chi connectivity index (χ1v) is 12.2. The van der Waals surface area contributed by atoms with Gasteiger partial charge in [-0.3, -0.25) is 14.3 Å². The maximum atomic E-state index is 14.4. The molecule has 2 heterocycles. The molecule has 0 spiro atoms. The number of nitrogens with one attached hydrogen (secondary N) is 1. The average molecular weight is 477 g/mol. The van der Waals surface area contributed by atoms with Crippen molar-refractivity contribution >= 4 is 11.8 Å². The first kappa shape index (κ1) is 24.6. The van der Waals surface area contributed by atoms with Gasteiger partial charge >= 0.3 is 0 Å². The quantitative estimate of drug-likeness (QED) is 0.527. The fourth-order valence-electron chi connectivity index (χ4n) is 4.62. The van der Waals surface area contributed by atoms with Crippen molar-refractivity contribution in [3.05, 3.63) is 89.2 Å². The normalized spacial score (nSPS) is 18.6. The van der Waals surface area contributed by atoms with Gasteiger partial charge in [0.05, 0.1) is 18.8 Å². The Kier molecular flexibility index (Phi) is 7.63. The van der Waals surface area contributed by atoms with Crippen molar-refractivity contribution < 1.29 is 14.0 Å². The minimum Gasteiger partial charge on any atom is -0.343 e.